The molecule has 30 heavy (non-hydrogen) atoms. The third kappa shape index (κ3) is 3.67. The zero-order valence-corrected chi connectivity index (χ0v) is 17.0. The molecule has 4 rings (SSSR count). The van der Waals surface area contributed by atoms with Crippen molar-refractivity contribution in [2.75, 3.05) is 6.54 Å². The monoisotopic (exact) mass is 409 g/mol. The third-order valence-electron chi connectivity index (χ3n) is 5.80. The first-order chi connectivity index (χ1) is 14.3. The second-order valence-electron chi connectivity index (χ2n) is 8.16. The molecule has 2 fully saturated rings. The lowest BCUT2D eigenvalue weighted by atomic mass is 9.91. The Kier molecular flexibility index (Phi) is 5.05. The summed E-state index contributed by atoms with van der Waals surface area (Å²) in [4.78, 5) is 41.2. The molecule has 1 N–H and O–H groups in total. The summed E-state index contributed by atoms with van der Waals surface area (Å²) in [6, 6.07) is 13.1. The average molecular weight is 409 g/mol. The van der Waals surface area contributed by atoms with E-state index in [4.69, 9.17) is 0 Å². The lowest BCUT2D eigenvalue weighted by Crippen LogP contribution is -2.45. The van der Waals surface area contributed by atoms with Crippen LogP contribution in [0.2, 0.25) is 0 Å². The minimum Gasteiger partial charge on any atom is -0.334 e. The van der Waals surface area contributed by atoms with Gasteiger partial charge in [-0.15, -0.1) is 0 Å². The Balaban J connectivity index is 1.52. The number of carbonyl (C=O) groups is 3. The lowest BCUT2D eigenvalue weighted by Gasteiger charge is -2.26. The Morgan fingerprint density at radius 3 is 2.47 bits per heavy atom. The molecule has 1 atom stereocenters. The van der Waals surface area contributed by atoms with Crippen molar-refractivity contribution >= 4 is 17.8 Å². The third-order valence-corrected chi connectivity index (χ3v) is 5.80. The fraction of sp³-hybridized carbons (Fsp3) is 0.348. The number of nitrogens with zero attached hydrogens (tertiary/aromatic N) is 2. The maximum atomic E-state index is 14.1. The Bertz CT molecular complexity index is 1000. The summed E-state index contributed by atoms with van der Waals surface area (Å²) in [5.74, 6) is -1.21. The predicted molar refractivity (Wildman–Crippen MR) is 109 cm³/mol. The van der Waals surface area contributed by atoms with Gasteiger partial charge in [-0.05, 0) is 38.3 Å². The van der Waals surface area contributed by atoms with Gasteiger partial charge in [0.05, 0.1) is 0 Å². The van der Waals surface area contributed by atoms with E-state index in [0.29, 0.717) is 11.1 Å². The van der Waals surface area contributed by atoms with E-state index in [1.165, 1.54) is 6.07 Å². The zero-order valence-electron chi connectivity index (χ0n) is 17.0. The van der Waals surface area contributed by atoms with Crippen LogP contribution >= 0.6 is 0 Å². The van der Waals surface area contributed by atoms with Crippen LogP contribution in [0.25, 0.3) is 0 Å². The van der Waals surface area contributed by atoms with Crippen LogP contribution in [0.15, 0.2) is 48.5 Å². The Morgan fingerprint density at radius 1 is 1.17 bits per heavy atom. The molecule has 0 aromatic heterocycles. The molecule has 156 valence electrons. The molecule has 4 amide bonds. The number of urea groups is 1. The van der Waals surface area contributed by atoms with E-state index in [9.17, 15) is 18.8 Å². The van der Waals surface area contributed by atoms with E-state index >= 15 is 0 Å². The van der Waals surface area contributed by atoms with Crippen molar-refractivity contribution in [2.24, 2.45) is 0 Å². The van der Waals surface area contributed by atoms with Crippen LogP contribution < -0.4 is 5.32 Å². The molecule has 2 aromatic carbocycles. The first-order valence-electron chi connectivity index (χ1n) is 10.0. The van der Waals surface area contributed by atoms with Gasteiger partial charge in [-0.25, -0.2) is 9.18 Å². The maximum Gasteiger partial charge on any atom is 0.325 e. The number of imide groups is 1. The topological polar surface area (TPSA) is 69.7 Å². The highest BCUT2D eigenvalue weighted by atomic mass is 19.1. The quantitative estimate of drug-likeness (QED) is 0.746. The summed E-state index contributed by atoms with van der Waals surface area (Å²) in [6.45, 7) is 3.33. The van der Waals surface area contributed by atoms with E-state index in [2.05, 4.69) is 5.32 Å². The van der Waals surface area contributed by atoms with Crippen molar-refractivity contribution in [3.8, 4) is 0 Å². The smallest absolute Gasteiger partial charge is 0.325 e. The summed E-state index contributed by atoms with van der Waals surface area (Å²) < 4.78 is 14.1. The van der Waals surface area contributed by atoms with Gasteiger partial charge in [0.25, 0.3) is 5.91 Å². The molecule has 7 heteroatoms. The fourth-order valence-corrected chi connectivity index (χ4v) is 3.77. The van der Waals surface area contributed by atoms with E-state index < -0.39 is 17.5 Å². The zero-order chi connectivity index (χ0) is 21.5. The second kappa shape index (κ2) is 7.55. The second-order valence-corrected chi connectivity index (χ2v) is 8.16. The molecule has 1 aliphatic carbocycles. The summed E-state index contributed by atoms with van der Waals surface area (Å²) in [5.41, 5.74) is 0.895. The molecule has 2 aromatic rings. The van der Waals surface area contributed by atoms with Gasteiger partial charge in [-0.3, -0.25) is 14.5 Å². The van der Waals surface area contributed by atoms with E-state index in [0.717, 1.165) is 23.3 Å². The number of nitrogens with one attached hydrogen (secondary N) is 1. The number of hydrogen-bond donors (Lipinski definition) is 1. The van der Waals surface area contributed by atoms with Gasteiger partial charge < -0.3 is 10.2 Å². The molecule has 1 aliphatic heterocycles. The van der Waals surface area contributed by atoms with Crippen LogP contribution in [-0.2, 0) is 21.7 Å². The van der Waals surface area contributed by atoms with Crippen molar-refractivity contribution in [3.63, 3.8) is 0 Å². The molecule has 2 aliphatic rings. The SMILES string of the molecule is Cc1ccc(C2(C)NC(=O)N(CC(=O)N(Cc3ccccc3F)C3CC3)C2=O)cc1. The summed E-state index contributed by atoms with van der Waals surface area (Å²) in [5, 5.41) is 2.72. The van der Waals surface area contributed by atoms with E-state index in [1.54, 1.807) is 42.2 Å². The van der Waals surface area contributed by atoms with Gasteiger partial charge in [0.1, 0.15) is 17.9 Å². The van der Waals surface area contributed by atoms with Crippen LogP contribution in [0.4, 0.5) is 9.18 Å². The number of halogens is 1. The normalized spacial score (nSPS) is 21.0. The van der Waals surface area contributed by atoms with Crippen molar-refractivity contribution in [1.29, 1.82) is 0 Å². The summed E-state index contributed by atoms with van der Waals surface area (Å²) in [6.07, 6.45) is 1.67. The Hall–Kier alpha value is -3.22. The van der Waals surface area contributed by atoms with Crippen LogP contribution in [0.5, 0.6) is 0 Å². The summed E-state index contributed by atoms with van der Waals surface area (Å²) in [7, 11) is 0. The molecule has 1 saturated heterocycles. The van der Waals surface area contributed by atoms with Gasteiger partial charge in [0, 0.05) is 18.2 Å². The fourth-order valence-electron chi connectivity index (χ4n) is 3.77. The average Bonchev–Trinajstić information content (AvgIpc) is 3.53. The van der Waals surface area contributed by atoms with Crippen LogP contribution in [0.1, 0.15) is 36.5 Å². The first-order valence-corrected chi connectivity index (χ1v) is 10.0. The molecular formula is C23H24FN3O3. The largest absolute Gasteiger partial charge is 0.334 e. The number of carbonyl (C=O) groups excluding carboxylic acids is 3. The van der Waals surface area contributed by atoms with Gasteiger partial charge in [-0.1, -0.05) is 48.0 Å². The minimum atomic E-state index is -1.22. The number of rotatable bonds is 6. The molecule has 6 nitrogen and oxygen atoms in total. The number of amides is 4. The molecule has 0 bridgehead atoms. The van der Waals surface area contributed by atoms with Crippen molar-refractivity contribution < 1.29 is 18.8 Å². The van der Waals surface area contributed by atoms with Gasteiger partial charge >= 0.3 is 6.03 Å². The van der Waals surface area contributed by atoms with Gasteiger partial charge in [0.15, 0.2) is 0 Å². The standard InChI is InChI=1S/C23H24FN3O3/c1-15-7-9-17(10-8-15)23(2)21(29)27(22(30)25-23)14-20(28)26(18-11-12-18)13-16-5-3-4-6-19(16)24/h3-10,18H,11-14H2,1-2H3,(H,25,30). The maximum absolute atomic E-state index is 14.1. The van der Waals surface area contributed by atoms with E-state index in [1.807, 2.05) is 19.1 Å². The van der Waals surface area contributed by atoms with Gasteiger partial charge in [-0.2, -0.15) is 0 Å². The van der Waals surface area contributed by atoms with Gasteiger partial charge in [0.2, 0.25) is 5.91 Å². The van der Waals surface area contributed by atoms with Crippen LogP contribution in [-0.4, -0.2) is 40.2 Å². The Labute approximate surface area is 174 Å². The molecule has 1 saturated carbocycles. The number of hydrogen-bond acceptors (Lipinski definition) is 3. The Morgan fingerprint density at radius 2 is 1.83 bits per heavy atom. The van der Waals surface area contributed by atoms with Crippen molar-refractivity contribution in [3.05, 3.63) is 71.0 Å². The molecule has 0 spiro atoms. The molecule has 1 unspecified atom stereocenters. The van der Waals surface area contributed by atoms with Crippen molar-refractivity contribution in [1.82, 2.24) is 15.1 Å². The number of aryl methyl sites for hydroxylation is 1. The molecule has 1 heterocycles. The van der Waals surface area contributed by atoms with Crippen LogP contribution in [0, 0.1) is 12.7 Å². The summed E-state index contributed by atoms with van der Waals surface area (Å²) >= 11 is 0. The first kappa shape index (κ1) is 20.1. The predicted octanol–water partition coefficient (Wildman–Crippen LogP) is 3.09. The lowest BCUT2D eigenvalue weighted by molar-refractivity contribution is -0.139. The van der Waals surface area contributed by atoms with Crippen LogP contribution in [0.3, 0.4) is 0 Å². The minimum absolute atomic E-state index is 0.0151. The highest BCUT2D eigenvalue weighted by molar-refractivity contribution is 6.09. The van der Waals surface area contributed by atoms with Crippen molar-refractivity contribution in [2.45, 2.75) is 44.8 Å². The highest BCUT2D eigenvalue weighted by Gasteiger charge is 2.50. The highest BCUT2D eigenvalue weighted by Crippen LogP contribution is 2.31. The molecule has 0 radical (unpaired) electrons. The molecular weight excluding hydrogens is 385 g/mol. The van der Waals surface area contributed by atoms with E-state index in [-0.39, 0.29) is 30.9 Å². The number of benzene rings is 2.